The zero-order valence-corrected chi connectivity index (χ0v) is 16.2. The maximum absolute atomic E-state index is 12.8. The van der Waals surface area contributed by atoms with E-state index < -0.39 is 0 Å². The van der Waals surface area contributed by atoms with Crippen LogP contribution in [0.2, 0.25) is 0 Å². The average Bonchev–Trinajstić information content (AvgIpc) is 3.02. The molecule has 0 atom stereocenters. The second-order valence-corrected chi connectivity index (χ2v) is 6.69. The van der Waals surface area contributed by atoms with Crippen molar-refractivity contribution in [1.29, 1.82) is 0 Å². The molecular weight excluding hydrogens is 358 g/mol. The fourth-order valence-electron chi connectivity index (χ4n) is 3.25. The van der Waals surface area contributed by atoms with E-state index in [1.54, 1.807) is 31.4 Å². The molecule has 0 aliphatic carbocycles. The van der Waals surface area contributed by atoms with Crippen LogP contribution in [-0.4, -0.2) is 49.0 Å². The zero-order valence-electron chi connectivity index (χ0n) is 16.2. The van der Waals surface area contributed by atoms with E-state index in [0.717, 1.165) is 38.8 Å². The first kappa shape index (κ1) is 19.7. The Hall–Kier alpha value is -3.09. The number of rotatable bonds is 5. The van der Waals surface area contributed by atoms with Crippen LogP contribution in [0.5, 0.6) is 11.5 Å². The number of amides is 2. The van der Waals surface area contributed by atoms with Crippen molar-refractivity contribution >= 4 is 17.5 Å². The second-order valence-electron chi connectivity index (χ2n) is 6.69. The number of carbonyl (C=O) groups excluding carboxylic acids is 2. The third kappa shape index (κ3) is 4.60. The summed E-state index contributed by atoms with van der Waals surface area (Å²) < 4.78 is 10.5. The molecule has 148 valence electrons. The molecule has 0 unspecified atom stereocenters. The lowest BCUT2D eigenvalue weighted by Crippen LogP contribution is -2.32. The van der Waals surface area contributed by atoms with Crippen molar-refractivity contribution in [2.45, 2.75) is 25.7 Å². The van der Waals surface area contributed by atoms with Gasteiger partial charge >= 0.3 is 0 Å². The van der Waals surface area contributed by atoms with Gasteiger partial charge in [-0.1, -0.05) is 12.8 Å². The Bertz CT molecular complexity index is 845. The molecule has 1 aromatic carbocycles. The number of benzene rings is 1. The van der Waals surface area contributed by atoms with Crippen LogP contribution >= 0.6 is 0 Å². The molecule has 0 spiro atoms. The molecule has 7 nitrogen and oxygen atoms in total. The Balaban J connectivity index is 1.74. The summed E-state index contributed by atoms with van der Waals surface area (Å²) in [5, 5.41) is 2.80. The van der Waals surface area contributed by atoms with Gasteiger partial charge in [0, 0.05) is 37.2 Å². The molecule has 1 fully saturated rings. The highest BCUT2D eigenvalue weighted by atomic mass is 16.5. The standard InChI is InChI=1S/C21H25N3O4/c1-27-18-8-7-17(12-19(18)28-2)23-20(25)15-11-16(14-22-13-15)21(26)24-9-5-3-4-6-10-24/h7-8,11-14H,3-6,9-10H2,1-2H3,(H,23,25). The van der Waals surface area contributed by atoms with Crippen molar-refractivity contribution in [3.63, 3.8) is 0 Å². The number of hydrogen-bond acceptors (Lipinski definition) is 5. The van der Waals surface area contributed by atoms with E-state index in [1.807, 2.05) is 4.90 Å². The van der Waals surface area contributed by atoms with Crippen LogP contribution in [0.1, 0.15) is 46.4 Å². The number of hydrogen-bond donors (Lipinski definition) is 1. The summed E-state index contributed by atoms with van der Waals surface area (Å²) in [6.07, 6.45) is 7.29. The molecule has 1 aromatic heterocycles. The Morgan fingerprint density at radius 1 is 0.929 bits per heavy atom. The van der Waals surface area contributed by atoms with E-state index in [2.05, 4.69) is 10.3 Å². The van der Waals surface area contributed by atoms with Gasteiger partial charge in [-0.05, 0) is 31.0 Å². The largest absolute Gasteiger partial charge is 0.493 e. The first-order valence-electron chi connectivity index (χ1n) is 9.40. The van der Waals surface area contributed by atoms with Crippen LogP contribution in [0.4, 0.5) is 5.69 Å². The summed E-state index contributed by atoms with van der Waals surface area (Å²) in [5.74, 6) is 0.677. The van der Waals surface area contributed by atoms with Gasteiger partial charge in [0.2, 0.25) is 0 Å². The molecule has 1 N–H and O–H groups in total. The lowest BCUT2D eigenvalue weighted by molar-refractivity contribution is 0.0761. The van der Waals surface area contributed by atoms with Gasteiger partial charge in [0.15, 0.2) is 11.5 Å². The third-order valence-electron chi connectivity index (χ3n) is 4.78. The van der Waals surface area contributed by atoms with Crippen LogP contribution in [0, 0.1) is 0 Å². The molecule has 7 heteroatoms. The Kier molecular flexibility index (Phi) is 6.47. The summed E-state index contributed by atoms with van der Waals surface area (Å²) in [6, 6.07) is 6.71. The molecule has 1 aliphatic rings. The van der Waals surface area contributed by atoms with Gasteiger partial charge in [-0.25, -0.2) is 0 Å². The summed E-state index contributed by atoms with van der Waals surface area (Å²) in [5.41, 5.74) is 1.32. The molecule has 2 amide bonds. The quantitative estimate of drug-likeness (QED) is 0.856. The minimum atomic E-state index is -0.342. The first-order valence-corrected chi connectivity index (χ1v) is 9.40. The van der Waals surface area contributed by atoms with E-state index >= 15 is 0 Å². The van der Waals surface area contributed by atoms with Crippen LogP contribution < -0.4 is 14.8 Å². The molecule has 1 aliphatic heterocycles. The molecule has 1 saturated heterocycles. The fraction of sp³-hybridized carbons (Fsp3) is 0.381. The minimum absolute atomic E-state index is 0.0739. The van der Waals surface area contributed by atoms with Gasteiger partial charge in [-0.2, -0.15) is 0 Å². The predicted octanol–water partition coefficient (Wildman–Crippen LogP) is 3.37. The van der Waals surface area contributed by atoms with Crippen molar-refractivity contribution in [2.75, 3.05) is 32.6 Å². The second kappa shape index (κ2) is 9.21. The van der Waals surface area contributed by atoms with E-state index in [-0.39, 0.29) is 11.8 Å². The van der Waals surface area contributed by atoms with Crippen molar-refractivity contribution in [1.82, 2.24) is 9.88 Å². The van der Waals surface area contributed by atoms with E-state index in [4.69, 9.17) is 9.47 Å². The summed E-state index contributed by atoms with van der Waals surface area (Å²) in [7, 11) is 3.08. The number of ether oxygens (including phenoxy) is 2. The molecule has 0 saturated carbocycles. The van der Waals surface area contributed by atoms with Crippen LogP contribution in [0.3, 0.4) is 0 Å². The minimum Gasteiger partial charge on any atom is -0.493 e. The fourth-order valence-corrected chi connectivity index (χ4v) is 3.25. The molecule has 28 heavy (non-hydrogen) atoms. The highest BCUT2D eigenvalue weighted by Crippen LogP contribution is 2.29. The number of anilines is 1. The van der Waals surface area contributed by atoms with Gasteiger partial charge in [-0.3, -0.25) is 14.6 Å². The molecular formula is C21H25N3O4. The number of nitrogens with zero attached hydrogens (tertiary/aromatic N) is 2. The number of nitrogens with one attached hydrogen (secondary N) is 1. The summed E-state index contributed by atoms with van der Waals surface area (Å²) in [6.45, 7) is 1.50. The third-order valence-corrected chi connectivity index (χ3v) is 4.78. The van der Waals surface area contributed by atoms with E-state index in [9.17, 15) is 9.59 Å². The lowest BCUT2D eigenvalue weighted by Gasteiger charge is -2.20. The molecule has 0 bridgehead atoms. The Morgan fingerprint density at radius 3 is 2.29 bits per heavy atom. The highest BCUT2D eigenvalue weighted by Gasteiger charge is 2.19. The van der Waals surface area contributed by atoms with E-state index in [1.165, 1.54) is 19.5 Å². The normalized spacial score (nSPS) is 14.1. The van der Waals surface area contributed by atoms with Crippen molar-refractivity contribution in [3.8, 4) is 11.5 Å². The van der Waals surface area contributed by atoms with Gasteiger partial charge in [-0.15, -0.1) is 0 Å². The van der Waals surface area contributed by atoms with Gasteiger partial charge in [0.05, 0.1) is 25.3 Å². The number of carbonyl (C=O) groups is 2. The summed E-state index contributed by atoms with van der Waals surface area (Å²) >= 11 is 0. The van der Waals surface area contributed by atoms with Crippen LogP contribution in [-0.2, 0) is 0 Å². The maximum atomic E-state index is 12.8. The monoisotopic (exact) mass is 383 g/mol. The van der Waals surface area contributed by atoms with Gasteiger partial charge in [0.1, 0.15) is 0 Å². The number of aromatic nitrogens is 1. The maximum Gasteiger partial charge on any atom is 0.257 e. The van der Waals surface area contributed by atoms with Crippen molar-refractivity contribution in [3.05, 3.63) is 47.8 Å². The molecule has 2 aromatic rings. The number of methoxy groups -OCH3 is 2. The predicted molar refractivity (Wildman–Crippen MR) is 106 cm³/mol. The average molecular weight is 383 g/mol. The summed E-state index contributed by atoms with van der Waals surface area (Å²) in [4.78, 5) is 31.3. The Labute approximate surface area is 164 Å². The lowest BCUT2D eigenvalue weighted by atomic mass is 10.1. The molecule has 3 rings (SSSR count). The van der Waals surface area contributed by atoms with Gasteiger partial charge < -0.3 is 19.7 Å². The highest BCUT2D eigenvalue weighted by molar-refractivity contribution is 6.06. The molecule has 0 radical (unpaired) electrons. The molecule has 2 heterocycles. The van der Waals surface area contributed by atoms with Gasteiger partial charge in [0.25, 0.3) is 11.8 Å². The Morgan fingerprint density at radius 2 is 1.61 bits per heavy atom. The number of pyridine rings is 1. The smallest absolute Gasteiger partial charge is 0.257 e. The van der Waals surface area contributed by atoms with Crippen LogP contribution in [0.15, 0.2) is 36.7 Å². The zero-order chi connectivity index (χ0) is 19.9. The number of likely N-dealkylation sites (tertiary alicyclic amines) is 1. The van der Waals surface area contributed by atoms with Crippen LogP contribution in [0.25, 0.3) is 0 Å². The topological polar surface area (TPSA) is 80.8 Å². The first-order chi connectivity index (χ1) is 13.6. The van der Waals surface area contributed by atoms with E-state index in [0.29, 0.717) is 28.3 Å². The SMILES string of the molecule is COc1ccc(NC(=O)c2cncc(C(=O)N3CCCCCC3)c2)cc1OC. The van der Waals surface area contributed by atoms with Crippen molar-refractivity contribution < 1.29 is 19.1 Å². The van der Waals surface area contributed by atoms with Crippen molar-refractivity contribution in [2.24, 2.45) is 0 Å².